The quantitative estimate of drug-likeness (QED) is 0.841. The van der Waals surface area contributed by atoms with Crippen molar-refractivity contribution in [3.63, 3.8) is 0 Å². The second-order valence-corrected chi connectivity index (χ2v) is 5.50. The third-order valence-electron chi connectivity index (χ3n) is 3.54. The topological polar surface area (TPSA) is 38.5 Å². The van der Waals surface area contributed by atoms with Crippen LogP contribution in [0.4, 0.5) is 0 Å². The van der Waals surface area contributed by atoms with E-state index in [1.54, 1.807) is 7.11 Å². The molecular weight excluding hydrogens is 224 g/mol. The predicted octanol–water partition coefficient (Wildman–Crippen LogP) is 2.56. The molecule has 0 bridgehead atoms. The summed E-state index contributed by atoms with van der Waals surface area (Å²) >= 11 is 0. The predicted molar refractivity (Wildman–Crippen MR) is 74.7 cm³/mol. The number of ether oxygens (including phenoxy) is 1. The molecule has 1 aliphatic carbocycles. The molecule has 1 aromatic rings. The Morgan fingerprint density at radius 3 is 2.72 bits per heavy atom. The van der Waals surface area contributed by atoms with Gasteiger partial charge in [-0.15, -0.1) is 0 Å². The molecule has 1 saturated carbocycles. The van der Waals surface area contributed by atoms with Gasteiger partial charge in [0, 0.05) is 24.7 Å². The van der Waals surface area contributed by atoms with Crippen LogP contribution in [0.2, 0.25) is 0 Å². The average molecular weight is 248 g/mol. The van der Waals surface area contributed by atoms with Crippen molar-refractivity contribution in [1.29, 1.82) is 0 Å². The standard InChI is InChI=1S/C15H24N2O/c1-11(16)13-6-7-15(18-3)14(8-13)10-17(2)9-12-4-5-12/h6-8,11-12H,4-5,9-10,16H2,1-3H3. The van der Waals surface area contributed by atoms with Crippen LogP contribution in [-0.4, -0.2) is 25.6 Å². The summed E-state index contributed by atoms with van der Waals surface area (Å²) in [5.74, 6) is 1.87. The molecule has 0 aliphatic heterocycles. The minimum atomic E-state index is 0.0726. The number of nitrogens with two attached hydrogens (primary N) is 1. The molecule has 0 aromatic heterocycles. The van der Waals surface area contributed by atoms with Crippen LogP contribution in [-0.2, 0) is 6.54 Å². The Balaban J connectivity index is 2.09. The fourth-order valence-electron chi connectivity index (χ4n) is 2.30. The zero-order valence-electron chi connectivity index (χ0n) is 11.6. The van der Waals surface area contributed by atoms with E-state index in [0.717, 1.165) is 18.2 Å². The van der Waals surface area contributed by atoms with Crippen molar-refractivity contribution in [1.82, 2.24) is 4.90 Å². The number of benzene rings is 1. The molecule has 100 valence electrons. The van der Waals surface area contributed by atoms with Crippen LogP contribution in [0.25, 0.3) is 0 Å². The van der Waals surface area contributed by atoms with Gasteiger partial charge in [0.25, 0.3) is 0 Å². The summed E-state index contributed by atoms with van der Waals surface area (Å²) in [5, 5.41) is 0. The summed E-state index contributed by atoms with van der Waals surface area (Å²) < 4.78 is 5.43. The Morgan fingerprint density at radius 2 is 2.17 bits per heavy atom. The maximum absolute atomic E-state index is 5.94. The highest BCUT2D eigenvalue weighted by Gasteiger charge is 2.23. The molecule has 1 aromatic carbocycles. The van der Waals surface area contributed by atoms with E-state index in [4.69, 9.17) is 10.5 Å². The Hall–Kier alpha value is -1.06. The lowest BCUT2D eigenvalue weighted by Gasteiger charge is -2.19. The molecule has 1 fully saturated rings. The maximum atomic E-state index is 5.94. The average Bonchev–Trinajstić information content (AvgIpc) is 3.12. The molecule has 2 rings (SSSR count). The van der Waals surface area contributed by atoms with Crippen LogP contribution in [0.3, 0.4) is 0 Å². The van der Waals surface area contributed by atoms with Gasteiger partial charge >= 0.3 is 0 Å². The largest absolute Gasteiger partial charge is 0.496 e. The van der Waals surface area contributed by atoms with Gasteiger partial charge in [0.2, 0.25) is 0 Å². The van der Waals surface area contributed by atoms with E-state index < -0.39 is 0 Å². The van der Waals surface area contributed by atoms with E-state index in [9.17, 15) is 0 Å². The summed E-state index contributed by atoms with van der Waals surface area (Å²) in [7, 11) is 3.90. The zero-order chi connectivity index (χ0) is 13.1. The maximum Gasteiger partial charge on any atom is 0.123 e. The summed E-state index contributed by atoms with van der Waals surface area (Å²) in [6.45, 7) is 4.13. The Bertz CT molecular complexity index is 399. The van der Waals surface area contributed by atoms with Gasteiger partial charge in [-0.1, -0.05) is 6.07 Å². The summed E-state index contributed by atoms with van der Waals surface area (Å²) in [4.78, 5) is 2.38. The van der Waals surface area contributed by atoms with Crippen molar-refractivity contribution in [2.45, 2.75) is 32.4 Å². The third kappa shape index (κ3) is 3.47. The van der Waals surface area contributed by atoms with E-state index in [0.29, 0.717) is 0 Å². The molecule has 3 nitrogen and oxygen atoms in total. The molecular formula is C15H24N2O. The highest BCUT2D eigenvalue weighted by molar-refractivity contribution is 5.38. The fourth-order valence-corrected chi connectivity index (χ4v) is 2.30. The van der Waals surface area contributed by atoms with E-state index >= 15 is 0 Å². The highest BCUT2D eigenvalue weighted by atomic mass is 16.5. The van der Waals surface area contributed by atoms with Crippen LogP contribution in [0.1, 0.15) is 36.9 Å². The minimum Gasteiger partial charge on any atom is -0.496 e. The summed E-state index contributed by atoms with van der Waals surface area (Å²) in [5.41, 5.74) is 8.35. The minimum absolute atomic E-state index is 0.0726. The monoisotopic (exact) mass is 248 g/mol. The fraction of sp³-hybridized carbons (Fsp3) is 0.600. The van der Waals surface area contributed by atoms with Crippen molar-refractivity contribution in [2.75, 3.05) is 20.7 Å². The lowest BCUT2D eigenvalue weighted by Crippen LogP contribution is -2.21. The van der Waals surface area contributed by atoms with Gasteiger partial charge in [0.1, 0.15) is 5.75 Å². The van der Waals surface area contributed by atoms with Gasteiger partial charge in [-0.3, -0.25) is 0 Å². The molecule has 1 unspecified atom stereocenters. The molecule has 2 N–H and O–H groups in total. The lowest BCUT2D eigenvalue weighted by atomic mass is 10.0. The van der Waals surface area contributed by atoms with Gasteiger partial charge in [-0.25, -0.2) is 0 Å². The lowest BCUT2D eigenvalue weighted by molar-refractivity contribution is 0.305. The van der Waals surface area contributed by atoms with Crippen molar-refractivity contribution in [3.05, 3.63) is 29.3 Å². The van der Waals surface area contributed by atoms with E-state index in [2.05, 4.69) is 18.0 Å². The molecule has 3 heteroatoms. The SMILES string of the molecule is COc1ccc(C(C)N)cc1CN(C)CC1CC1. The summed E-state index contributed by atoms with van der Waals surface area (Å²) in [6, 6.07) is 6.32. The van der Waals surface area contributed by atoms with Crippen LogP contribution in [0, 0.1) is 5.92 Å². The van der Waals surface area contributed by atoms with Crippen LogP contribution in [0.15, 0.2) is 18.2 Å². The van der Waals surface area contributed by atoms with Crippen molar-refractivity contribution in [3.8, 4) is 5.75 Å². The van der Waals surface area contributed by atoms with E-state index in [-0.39, 0.29) is 6.04 Å². The zero-order valence-corrected chi connectivity index (χ0v) is 11.6. The molecule has 18 heavy (non-hydrogen) atoms. The first-order valence-electron chi connectivity index (χ1n) is 6.71. The molecule has 0 heterocycles. The Labute approximate surface area is 110 Å². The van der Waals surface area contributed by atoms with E-state index in [1.807, 2.05) is 19.1 Å². The molecule has 0 radical (unpaired) electrons. The van der Waals surface area contributed by atoms with Crippen molar-refractivity contribution in [2.24, 2.45) is 11.7 Å². The number of nitrogens with zero attached hydrogens (tertiary/aromatic N) is 1. The second-order valence-electron chi connectivity index (χ2n) is 5.50. The van der Waals surface area contributed by atoms with Gasteiger partial charge in [-0.2, -0.15) is 0 Å². The van der Waals surface area contributed by atoms with Crippen molar-refractivity contribution < 1.29 is 4.74 Å². The third-order valence-corrected chi connectivity index (χ3v) is 3.54. The van der Waals surface area contributed by atoms with Crippen LogP contribution < -0.4 is 10.5 Å². The van der Waals surface area contributed by atoms with Gasteiger partial charge in [0.15, 0.2) is 0 Å². The number of hydrogen-bond donors (Lipinski definition) is 1. The van der Waals surface area contributed by atoms with Crippen molar-refractivity contribution >= 4 is 0 Å². The van der Waals surface area contributed by atoms with Crippen LogP contribution >= 0.6 is 0 Å². The van der Waals surface area contributed by atoms with Crippen LogP contribution in [0.5, 0.6) is 5.75 Å². The van der Waals surface area contributed by atoms with E-state index in [1.165, 1.54) is 30.5 Å². The smallest absolute Gasteiger partial charge is 0.123 e. The normalized spacial score (nSPS) is 16.9. The Morgan fingerprint density at radius 1 is 1.44 bits per heavy atom. The molecule has 0 amide bonds. The molecule has 1 atom stereocenters. The molecule has 1 aliphatic rings. The molecule has 0 spiro atoms. The first-order valence-corrected chi connectivity index (χ1v) is 6.71. The Kier molecular flexibility index (Phi) is 4.25. The highest BCUT2D eigenvalue weighted by Crippen LogP contribution is 2.30. The van der Waals surface area contributed by atoms with Gasteiger partial charge in [-0.05, 0) is 50.4 Å². The van der Waals surface area contributed by atoms with Gasteiger partial charge < -0.3 is 15.4 Å². The first-order chi connectivity index (χ1) is 8.60. The van der Waals surface area contributed by atoms with Gasteiger partial charge in [0.05, 0.1) is 7.11 Å². The number of methoxy groups -OCH3 is 1. The number of rotatable bonds is 6. The molecule has 0 saturated heterocycles. The number of hydrogen-bond acceptors (Lipinski definition) is 3. The first kappa shape index (κ1) is 13.4. The summed E-state index contributed by atoms with van der Waals surface area (Å²) in [6.07, 6.45) is 2.78. The second kappa shape index (κ2) is 5.72.